The molecule has 0 radical (unpaired) electrons. The van der Waals surface area contributed by atoms with Gasteiger partial charge in [-0.1, -0.05) is 23.7 Å². The van der Waals surface area contributed by atoms with Crippen molar-refractivity contribution >= 4 is 17.4 Å². The fraction of sp³-hybridized carbons (Fsp3) is 0.133. The summed E-state index contributed by atoms with van der Waals surface area (Å²) in [5.41, 5.74) is -0.460. The average molecular weight is 303 g/mol. The van der Waals surface area contributed by atoms with Gasteiger partial charge in [0.25, 0.3) is 5.56 Å². The van der Waals surface area contributed by atoms with Gasteiger partial charge in [-0.15, -0.1) is 0 Å². The molecule has 2 rings (SSSR count). The third kappa shape index (κ3) is 2.41. The SMILES string of the molecule is Cc1c(C(=O)c2cccc(Cl)c2)c(O)n(C)c(=O)c1C#N. The van der Waals surface area contributed by atoms with Crippen LogP contribution in [0.15, 0.2) is 29.1 Å². The van der Waals surface area contributed by atoms with Gasteiger partial charge in [-0.3, -0.25) is 14.2 Å². The van der Waals surface area contributed by atoms with Gasteiger partial charge in [0.2, 0.25) is 5.88 Å². The van der Waals surface area contributed by atoms with Gasteiger partial charge in [-0.05, 0) is 24.6 Å². The molecule has 1 N–H and O–H groups in total. The maximum atomic E-state index is 12.5. The molecule has 5 nitrogen and oxygen atoms in total. The lowest BCUT2D eigenvalue weighted by Crippen LogP contribution is -2.24. The van der Waals surface area contributed by atoms with Crippen LogP contribution in [0.3, 0.4) is 0 Å². The van der Waals surface area contributed by atoms with E-state index in [4.69, 9.17) is 16.9 Å². The van der Waals surface area contributed by atoms with Crippen molar-refractivity contribution < 1.29 is 9.90 Å². The van der Waals surface area contributed by atoms with Crippen molar-refractivity contribution in [2.24, 2.45) is 7.05 Å². The molecular weight excluding hydrogens is 292 g/mol. The van der Waals surface area contributed by atoms with Gasteiger partial charge in [0.05, 0.1) is 5.56 Å². The lowest BCUT2D eigenvalue weighted by molar-refractivity contribution is 0.103. The molecule has 0 aliphatic carbocycles. The highest BCUT2D eigenvalue weighted by Crippen LogP contribution is 2.25. The Kier molecular flexibility index (Phi) is 3.83. The van der Waals surface area contributed by atoms with Crippen LogP contribution in [0.2, 0.25) is 5.02 Å². The van der Waals surface area contributed by atoms with Crippen molar-refractivity contribution in [3.63, 3.8) is 0 Å². The Labute approximate surface area is 125 Å². The van der Waals surface area contributed by atoms with Gasteiger partial charge in [0, 0.05) is 17.6 Å². The molecule has 0 aliphatic rings. The first kappa shape index (κ1) is 14.8. The van der Waals surface area contributed by atoms with Crippen LogP contribution in [0.1, 0.15) is 27.0 Å². The van der Waals surface area contributed by atoms with Crippen LogP contribution in [0.25, 0.3) is 0 Å². The topological polar surface area (TPSA) is 83.1 Å². The summed E-state index contributed by atoms with van der Waals surface area (Å²) in [5.74, 6) is -0.971. The van der Waals surface area contributed by atoms with Crippen LogP contribution in [0.5, 0.6) is 5.88 Å². The fourth-order valence-corrected chi connectivity index (χ4v) is 2.25. The summed E-state index contributed by atoms with van der Waals surface area (Å²) < 4.78 is 0.878. The van der Waals surface area contributed by atoms with Gasteiger partial charge in [-0.2, -0.15) is 5.26 Å². The molecular formula is C15H11ClN2O3. The van der Waals surface area contributed by atoms with Gasteiger partial charge in [0.15, 0.2) is 5.78 Å². The highest BCUT2D eigenvalue weighted by Gasteiger charge is 2.23. The van der Waals surface area contributed by atoms with Crippen molar-refractivity contribution in [3.8, 4) is 11.9 Å². The zero-order valence-electron chi connectivity index (χ0n) is 11.3. The van der Waals surface area contributed by atoms with Crippen molar-refractivity contribution in [3.05, 3.63) is 61.9 Å². The molecule has 0 unspecified atom stereocenters. The van der Waals surface area contributed by atoms with E-state index < -0.39 is 17.2 Å². The zero-order valence-corrected chi connectivity index (χ0v) is 12.1. The first-order chi connectivity index (χ1) is 9.88. The van der Waals surface area contributed by atoms with Gasteiger partial charge < -0.3 is 5.11 Å². The highest BCUT2D eigenvalue weighted by molar-refractivity contribution is 6.31. The summed E-state index contributed by atoms with van der Waals surface area (Å²) in [6.07, 6.45) is 0. The minimum Gasteiger partial charge on any atom is -0.494 e. The average Bonchev–Trinajstić information content (AvgIpc) is 2.45. The number of aromatic nitrogens is 1. The standard InChI is InChI=1S/C15H11ClN2O3/c1-8-11(7-17)14(20)18(2)15(21)12(8)13(19)9-4-3-5-10(16)6-9/h3-6,21H,1-2H3. The third-order valence-electron chi connectivity index (χ3n) is 3.24. The fourth-order valence-electron chi connectivity index (χ4n) is 2.06. The number of halogens is 1. The number of carbonyl (C=O) groups excluding carboxylic acids is 1. The number of hydrogen-bond donors (Lipinski definition) is 1. The Balaban J connectivity index is 2.76. The number of benzene rings is 1. The smallest absolute Gasteiger partial charge is 0.271 e. The molecule has 1 heterocycles. The van der Waals surface area contributed by atoms with Crippen LogP contribution in [-0.4, -0.2) is 15.5 Å². The molecule has 1 aromatic carbocycles. The second kappa shape index (κ2) is 5.43. The monoisotopic (exact) mass is 302 g/mol. The predicted molar refractivity (Wildman–Crippen MR) is 77.7 cm³/mol. The van der Waals surface area contributed by atoms with Crippen LogP contribution >= 0.6 is 11.6 Å². The van der Waals surface area contributed by atoms with Crippen molar-refractivity contribution in [2.75, 3.05) is 0 Å². The molecule has 0 saturated carbocycles. The van der Waals surface area contributed by atoms with Crippen molar-refractivity contribution in [1.29, 1.82) is 5.26 Å². The van der Waals surface area contributed by atoms with Crippen molar-refractivity contribution in [2.45, 2.75) is 6.92 Å². The first-order valence-corrected chi connectivity index (χ1v) is 6.39. The Morgan fingerprint density at radius 2 is 2.10 bits per heavy atom. The van der Waals surface area contributed by atoms with E-state index in [1.807, 2.05) is 0 Å². The molecule has 0 amide bonds. The Bertz CT molecular complexity index is 847. The molecule has 0 spiro atoms. The molecule has 0 fully saturated rings. The molecule has 2 aromatic rings. The zero-order chi connectivity index (χ0) is 15.7. The second-order valence-electron chi connectivity index (χ2n) is 4.51. The number of hydrogen-bond acceptors (Lipinski definition) is 4. The molecule has 21 heavy (non-hydrogen) atoms. The van der Waals surface area contributed by atoms with Gasteiger partial charge in [0.1, 0.15) is 11.6 Å². The Morgan fingerprint density at radius 1 is 1.43 bits per heavy atom. The van der Waals surface area contributed by atoms with Gasteiger partial charge in [-0.25, -0.2) is 0 Å². The largest absolute Gasteiger partial charge is 0.494 e. The lowest BCUT2D eigenvalue weighted by Gasteiger charge is -2.12. The lowest BCUT2D eigenvalue weighted by atomic mass is 9.97. The summed E-state index contributed by atoms with van der Waals surface area (Å²) >= 11 is 5.85. The van der Waals surface area contributed by atoms with Crippen LogP contribution in [0.4, 0.5) is 0 Å². The highest BCUT2D eigenvalue weighted by atomic mass is 35.5. The van der Waals surface area contributed by atoms with E-state index >= 15 is 0 Å². The van der Waals surface area contributed by atoms with E-state index in [2.05, 4.69) is 0 Å². The third-order valence-corrected chi connectivity index (χ3v) is 3.47. The summed E-state index contributed by atoms with van der Waals surface area (Å²) in [4.78, 5) is 24.4. The number of carbonyl (C=O) groups is 1. The normalized spacial score (nSPS) is 10.2. The molecule has 0 saturated heterocycles. The number of aromatic hydroxyl groups is 1. The maximum absolute atomic E-state index is 12.5. The molecule has 0 bridgehead atoms. The minimum absolute atomic E-state index is 0.0732. The summed E-state index contributed by atoms with van der Waals surface area (Å²) in [6.45, 7) is 1.46. The summed E-state index contributed by atoms with van der Waals surface area (Å²) in [7, 11) is 1.30. The molecule has 6 heteroatoms. The maximum Gasteiger partial charge on any atom is 0.271 e. The Hall–Kier alpha value is -2.58. The molecule has 106 valence electrons. The second-order valence-corrected chi connectivity index (χ2v) is 4.95. The van der Waals surface area contributed by atoms with E-state index in [-0.39, 0.29) is 22.3 Å². The molecule has 0 aliphatic heterocycles. The van der Waals surface area contributed by atoms with Crippen molar-refractivity contribution in [1.82, 2.24) is 4.57 Å². The van der Waals surface area contributed by atoms with E-state index in [0.717, 1.165) is 4.57 Å². The number of rotatable bonds is 2. The van der Waals surface area contributed by atoms with E-state index in [9.17, 15) is 14.7 Å². The first-order valence-electron chi connectivity index (χ1n) is 6.01. The summed E-state index contributed by atoms with van der Waals surface area (Å²) in [6, 6.07) is 7.99. The Morgan fingerprint density at radius 3 is 2.67 bits per heavy atom. The van der Waals surface area contributed by atoms with E-state index in [1.54, 1.807) is 24.3 Å². The van der Waals surface area contributed by atoms with Crippen LogP contribution < -0.4 is 5.56 Å². The van der Waals surface area contributed by atoms with E-state index in [1.165, 1.54) is 20.0 Å². The minimum atomic E-state index is -0.643. The molecule has 0 atom stereocenters. The number of pyridine rings is 1. The van der Waals surface area contributed by atoms with E-state index in [0.29, 0.717) is 5.02 Å². The predicted octanol–water partition coefficient (Wildman–Crippen LogP) is 2.16. The van der Waals surface area contributed by atoms with Crippen LogP contribution in [-0.2, 0) is 7.05 Å². The number of ketones is 1. The summed E-state index contributed by atoms with van der Waals surface area (Å²) in [5, 5.41) is 19.5. The number of nitrogens with zero attached hydrogens (tertiary/aromatic N) is 2. The van der Waals surface area contributed by atoms with Crippen LogP contribution in [0, 0.1) is 18.3 Å². The molecule has 1 aromatic heterocycles. The number of nitriles is 1. The van der Waals surface area contributed by atoms with Gasteiger partial charge >= 0.3 is 0 Å². The quantitative estimate of drug-likeness (QED) is 0.862.